The minimum absolute atomic E-state index is 0.299. The third kappa shape index (κ3) is 9.20. The molecule has 0 saturated carbocycles. The zero-order valence-electron chi connectivity index (χ0n) is 10.5. The first-order valence-electron chi connectivity index (χ1n) is 6.45. The van der Waals surface area contributed by atoms with Gasteiger partial charge >= 0.3 is 5.97 Å². The largest absolute Gasteiger partial charge is 0.481 e. The summed E-state index contributed by atoms with van der Waals surface area (Å²) >= 11 is 3.67. The molecule has 0 aliphatic carbocycles. The molecule has 0 aliphatic heterocycles. The summed E-state index contributed by atoms with van der Waals surface area (Å²) in [5.41, 5.74) is 0. The maximum atomic E-state index is 10.4. The second-order valence-corrected chi connectivity index (χ2v) is 5.83. The van der Waals surface area contributed by atoms with Crippen molar-refractivity contribution in [2.24, 2.45) is 5.92 Å². The van der Waals surface area contributed by atoms with Crippen molar-refractivity contribution < 1.29 is 9.90 Å². The summed E-state index contributed by atoms with van der Waals surface area (Å²) in [6, 6.07) is 0. The molecule has 0 saturated heterocycles. The number of carboxylic acid groups (broad SMARTS) is 1. The number of hydrogen-bond donors (Lipinski definition) is 1. The zero-order chi connectivity index (χ0) is 12.4. The number of rotatable bonds is 10. The van der Waals surface area contributed by atoms with Gasteiger partial charge in [0.2, 0.25) is 0 Å². The normalized spacial score (nSPS) is 14.7. The van der Waals surface area contributed by atoms with Crippen molar-refractivity contribution >= 4 is 21.9 Å². The van der Waals surface area contributed by atoms with Crippen molar-refractivity contribution in [3.05, 3.63) is 0 Å². The van der Waals surface area contributed by atoms with E-state index in [0.29, 0.717) is 11.2 Å². The quantitative estimate of drug-likeness (QED) is 0.597. The van der Waals surface area contributed by atoms with Crippen LogP contribution in [0.25, 0.3) is 0 Å². The Labute approximate surface area is 108 Å². The first kappa shape index (κ1) is 16.0. The molecule has 2 atom stereocenters. The van der Waals surface area contributed by atoms with Crippen LogP contribution in [0, 0.1) is 5.92 Å². The lowest BCUT2D eigenvalue weighted by molar-refractivity contribution is -0.137. The summed E-state index contributed by atoms with van der Waals surface area (Å²) in [4.78, 5) is 10.9. The van der Waals surface area contributed by atoms with E-state index in [1.165, 1.54) is 32.1 Å². The van der Waals surface area contributed by atoms with Crippen LogP contribution < -0.4 is 0 Å². The van der Waals surface area contributed by atoms with Gasteiger partial charge < -0.3 is 5.11 Å². The Morgan fingerprint density at radius 3 is 2.44 bits per heavy atom. The lowest BCUT2D eigenvalue weighted by Gasteiger charge is -2.18. The molecule has 0 fully saturated rings. The highest BCUT2D eigenvalue weighted by Gasteiger charge is 2.12. The van der Waals surface area contributed by atoms with Gasteiger partial charge in [0, 0.05) is 11.2 Å². The van der Waals surface area contributed by atoms with Gasteiger partial charge in [0.25, 0.3) is 0 Å². The van der Waals surface area contributed by atoms with E-state index < -0.39 is 5.97 Å². The fourth-order valence-corrected chi connectivity index (χ4v) is 2.79. The Balaban J connectivity index is 3.64. The number of carboxylic acids is 1. The smallest absolute Gasteiger partial charge is 0.303 e. The first-order valence-corrected chi connectivity index (χ1v) is 7.37. The second kappa shape index (κ2) is 10.1. The standard InChI is InChI=1S/C13H25BrO2/c1-3-5-7-11(4-2)10-12(14)8-6-9-13(15)16/h11-12H,3-10H2,1-2H3,(H,15,16). The molecule has 0 bridgehead atoms. The highest BCUT2D eigenvalue weighted by Crippen LogP contribution is 2.24. The second-order valence-electron chi connectivity index (χ2n) is 4.54. The fourth-order valence-electron chi connectivity index (χ4n) is 1.94. The molecule has 0 radical (unpaired) electrons. The minimum Gasteiger partial charge on any atom is -0.481 e. The van der Waals surface area contributed by atoms with Crippen LogP contribution in [-0.2, 0) is 4.79 Å². The van der Waals surface area contributed by atoms with Gasteiger partial charge in [0.15, 0.2) is 0 Å². The molecule has 3 heteroatoms. The van der Waals surface area contributed by atoms with Gasteiger partial charge in [-0.25, -0.2) is 0 Å². The van der Waals surface area contributed by atoms with Gasteiger partial charge in [0.1, 0.15) is 0 Å². The predicted octanol–water partition coefficient (Wildman–Crippen LogP) is 4.61. The minimum atomic E-state index is -0.683. The molecule has 2 nitrogen and oxygen atoms in total. The summed E-state index contributed by atoms with van der Waals surface area (Å²) in [6.07, 6.45) is 8.39. The topological polar surface area (TPSA) is 37.3 Å². The first-order chi connectivity index (χ1) is 7.60. The summed E-state index contributed by atoms with van der Waals surface area (Å²) in [6.45, 7) is 4.47. The monoisotopic (exact) mass is 292 g/mol. The molecule has 96 valence electrons. The number of unbranched alkanes of at least 4 members (excludes halogenated alkanes) is 1. The maximum Gasteiger partial charge on any atom is 0.303 e. The Morgan fingerprint density at radius 1 is 1.25 bits per heavy atom. The van der Waals surface area contributed by atoms with Crippen LogP contribution in [0.3, 0.4) is 0 Å². The highest BCUT2D eigenvalue weighted by molar-refractivity contribution is 9.09. The molecule has 1 N–H and O–H groups in total. The van der Waals surface area contributed by atoms with Crippen molar-refractivity contribution in [2.45, 2.75) is 70.0 Å². The van der Waals surface area contributed by atoms with Crippen molar-refractivity contribution in [3.63, 3.8) is 0 Å². The van der Waals surface area contributed by atoms with E-state index in [4.69, 9.17) is 5.11 Å². The van der Waals surface area contributed by atoms with Crippen LogP contribution in [0.5, 0.6) is 0 Å². The number of carbonyl (C=O) groups is 1. The van der Waals surface area contributed by atoms with E-state index >= 15 is 0 Å². The summed E-state index contributed by atoms with van der Waals surface area (Å²) in [5.74, 6) is 0.117. The lowest BCUT2D eigenvalue weighted by atomic mass is 9.93. The van der Waals surface area contributed by atoms with Crippen molar-refractivity contribution in [2.75, 3.05) is 0 Å². The van der Waals surface area contributed by atoms with Crippen LogP contribution in [-0.4, -0.2) is 15.9 Å². The Kier molecular flexibility index (Phi) is 10.1. The van der Waals surface area contributed by atoms with Crippen LogP contribution in [0.2, 0.25) is 0 Å². The van der Waals surface area contributed by atoms with Crippen molar-refractivity contribution in [1.29, 1.82) is 0 Å². The number of hydrogen-bond acceptors (Lipinski definition) is 1. The summed E-state index contributed by atoms with van der Waals surface area (Å²) in [7, 11) is 0. The third-order valence-electron chi connectivity index (χ3n) is 3.04. The van der Waals surface area contributed by atoms with E-state index in [1.807, 2.05) is 0 Å². The molecule has 0 spiro atoms. The molecule has 0 aromatic heterocycles. The molecule has 0 aromatic rings. The molecule has 0 rings (SSSR count). The van der Waals surface area contributed by atoms with E-state index in [1.54, 1.807) is 0 Å². The van der Waals surface area contributed by atoms with E-state index in [0.717, 1.165) is 18.8 Å². The summed E-state index contributed by atoms with van der Waals surface area (Å²) < 4.78 is 0. The highest BCUT2D eigenvalue weighted by atomic mass is 79.9. The van der Waals surface area contributed by atoms with E-state index in [2.05, 4.69) is 29.8 Å². The fraction of sp³-hybridized carbons (Fsp3) is 0.923. The number of alkyl halides is 1. The van der Waals surface area contributed by atoms with Crippen LogP contribution in [0.4, 0.5) is 0 Å². The Bertz CT molecular complexity index is 183. The molecular formula is C13H25BrO2. The summed E-state index contributed by atoms with van der Waals surface area (Å²) in [5, 5.41) is 8.56. The van der Waals surface area contributed by atoms with Crippen molar-refractivity contribution in [3.8, 4) is 0 Å². The van der Waals surface area contributed by atoms with Crippen LogP contribution >= 0.6 is 15.9 Å². The van der Waals surface area contributed by atoms with Gasteiger partial charge in [-0.3, -0.25) is 4.79 Å². The molecule has 0 aliphatic rings. The number of aliphatic carboxylic acids is 1. The Hall–Kier alpha value is -0.0500. The molecule has 0 heterocycles. The van der Waals surface area contributed by atoms with E-state index in [9.17, 15) is 4.79 Å². The third-order valence-corrected chi connectivity index (χ3v) is 3.87. The Morgan fingerprint density at radius 2 is 1.94 bits per heavy atom. The SMILES string of the molecule is CCCCC(CC)CC(Br)CCCC(=O)O. The van der Waals surface area contributed by atoms with Gasteiger partial charge in [-0.2, -0.15) is 0 Å². The van der Waals surface area contributed by atoms with Gasteiger partial charge in [-0.1, -0.05) is 55.5 Å². The molecule has 2 unspecified atom stereocenters. The van der Waals surface area contributed by atoms with Gasteiger partial charge in [0.05, 0.1) is 0 Å². The molecule has 0 amide bonds. The maximum absolute atomic E-state index is 10.4. The van der Waals surface area contributed by atoms with Crippen LogP contribution in [0.15, 0.2) is 0 Å². The number of halogens is 1. The lowest BCUT2D eigenvalue weighted by Crippen LogP contribution is -2.08. The average molecular weight is 293 g/mol. The van der Waals surface area contributed by atoms with E-state index in [-0.39, 0.29) is 0 Å². The molecular weight excluding hydrogens is 268 g/mol. The van der Waals surface area contributed by atoms with Crippen LogP contribution in [0.1, 0.15) is 65.2 Å². The molecule has 0 aromatic carbocycles. The van der Waals surface area contributed by atoms with Gasteiger partial charge in [-0.15, -0.1) is 0 Å². The van der Waals surface area contributed by atoms with Gasteiger partial charge in [-0.05, 0) is 25.2 Å². The average Bonchev–Trinajstić information content (AvgIpc) is 2.23. The molecule has 16 heavy (non-hydrogen) atoms. The zero-order valence-corrected chi connectivity index (χ0v) is 12.1. The van der Waals surface area contributed by atoms with Crippen molar-refractivity contribution in [1.82, 2.24) is 0 Å². The predicted molar refractivity (Wildman–Crippen MR) is 72.1 cm³/mol.